The molecule has 0 spiro atoms. The minimum Gasteiger partial charge on any atom is -0.340 e. The highest BCUT2D eigenvalue weighted by atomic mass is 35.5. The quantitative estimate of drug-likeness (QED) is 0.681. The first-order valence-electron chi connectivity index (χ1n) is 9.65. The van der Waals surface area contributed by atoms with Gasteiger partial charge in [-0.15, -0.1) is 0 Å². The molecule has 0 radical (unpaired) electrons. The van der Waals surface area contributed by atoms with Crippen LogP contribution in [-0.2, 0) is 0 Å². The summed E-state index contributed by atoms with van der Waals surface area (Å²) in [6, 6.07) is 19.9. The van der Waals surface area contributed by atoms with Crippen molar-refractivity contribution in [3.8, 4) is 11.3 Å². The number of halogens is 1. The van der Waals surface area contributed by atoms with Crippen molar-refractivity contribution in [1.29, 1.82) is 0 Å². The summed E-state index contributed by atoms with van der Waals surface area (Å²) in [4.78, 5) is 14.4. The zero-order valence-corrected chi connectivity index (χ0v) is 16.7. The first kappa shape index (κ1) is 18.7. The Morgan fingerprint density at radius 2 is 1.64 bits per heavy atom. The van der Waals surface area contributed by atoms with Gasteiger partial charge in [-0.2, -0.15) is 4.98 Å². The van der Waals surface area contributed by atoms with Crippen LogP contribution in [0.5, 0.6) is 0 Å². The Bertz CT molecular complexity index is 906. The second-order valence-corrected chi connectivity index (χ2v) is 7.29. The number of aromatic nitrogens is 2. The standard InChI is InChI=1S/C22H24ClN5/c1-2-27-12-14-28(15-13-27)22-25-20(17-6-4-3-5-7-17)16-21(26-22)24-19-10-8-18(23)9-11-19/h3-11,16H,2,12-15H2,1H3,(H,24,25,26). The number of nitrogens with zero attached hydrogens (tertiary/aromatic N) is 4. The van der Waals surface area contributed by atoms with E-state index in [-0.39, 0.29) is 0 Å². The fraction of sp³-hybridized carbons (Fsp3) is 0.273. The molecule has 0 atom stereocenters. The second-order valence-electron chi connectivity index (χ2n) is 6.86. The third-order valence-electron chi connectivity index (χ3n) is 5.00. The Labute approximate surface area is 171 Å². The van der Waals surface area contributed by atoms with E-state index < -0.39 is 0 Å². The molecule has 2 heterocycles. The summed E-state index contributed by atoms with van der Waals surface area (Å²) in [5.74, 6) is 1.55. The molecule has 1 aromatic heterocycles. The van der Waals surface area contributed by atoms with E-state index in [4.69, 9.17) is 21.6 Å². The van der Waals surface area contributed by atoms with Gasteiger partial charge in [0, 0.05) is 48.5 Å². The van der Waals surface area contributed by atoms with Gasteiger partial charge in [-0.1, -0.05) is 48.9 Å². The highest BCUT2D eigenvalue weighted by Crippen LogP contribution is 2.26. The monoisotopic (exact) mass is 393 g/mol. The lowest BCUT2D eigenvalue weighted by Gasteiger charge is -2.34. The van der Waals surface area contributed by atoms with Gasteiger partial charge in [0.1, 0.15) is 5.82 Å². The number of benzene rings is 2. The molecule has 144 valence electrons. The van der Waals surface area contributed by atoms with Crippen LogP contribution in [-0.4, -0.2) is 47.6 Å². The van der Waals surface area contributed by atoms with E-state index in [0.29, 0.717) is 5.02 Å². The summed E-state index contributed by atoms with van der Waals surface area (Å²) in [5.41, 5.74) is 2.95. The first-order valence-corrected chi connectivity index (χ1v) is 10.0. The van der Waals surface area contributed by atoms with Crippen molar-refractivity contribution in [2.45, 2.75) is 6.92 Å². The molecule has 2 aromatic carbocycles. The van der Waals surface area contributed by atoms with E-state index in [1.807, 2.05) is 48.5 Å². The normalized spacial score (nSPS) is 14.9. The van der Waals surface area contributed by atoms with Crippen molar-refractivity contribution < 1.29 is 0 Å². The molecule has 0 aliphatic carbocycles. The largest absolute Gasteiger partial charge is 0.340 e. The highest BCUT2D eigenvalue weighted by molar-refractivity contribution is 6.30. The van der Waals surface area contributed by atoms with Crippen molar-refractivity contribution in [1.82, 2.24) is 14.9 Å². The van der Waals surface area contributed by atoms with E-state index in [0.717, 1.165) is 61.4 Å². The average Bonchev–Trinajstić information content (AvgIpc) is 2.76. The molecule has 1 saturated heterocycles. The van der Waals surface area contributed by atoms with Gasteiger partial charge in [0.05, 0.1) is 5.69 Å². The first-order chi connectivity index (χ1) is 13.7. The number of piperazine rings is 1. The zero-order valence-electron chi connectivity index (χ0n) is 16.0. The molecule has 1 aliphatic rings. The van der Waals surface area contributed by atoms with Gasteiger partial charge in [-0.05, 0) is 30.8 Å². The van der Waals surface area contributed by atoms with Crippen molar-refractivity contribution >= 4 is 29.1 Å². The number of anilines is 3. The Hall–Kier alpha value is -2.63. The molecule has 0 saturated carbocycles. The van der Waals surface area contributed by atoms with Crippen molar-refractivity contribution in [3.63, 3.8) is 0 Å². The van der Waals surface area contributed by atoms with Crippen molar-refractivity contribution in [2.75, 3.05) is 42.9 Å². The van der Waals surface area contributed by atoms with E-state index in [9.17, 15) is 0 Å². The lowest BCUT2D eigenvalue weighted by molar-refractivity contribution is 0.270. The fourth-order valence-corrected chi connectivity index (χ4v) is 3.47. The van der Waals surface area contributed by atoms with Crippen LogP contribution in [0.25, 0.3) is 11.3 Å². The molecule has 1 fully saturated rings. The van der Waals surface area contributed by atoms with Crippen LogP contribution in [0.1, 0.15) is 6.92 Å². The van der Waals surface area contributed by atoms with Crippen LogP contribution in [0, 0.1) is 0 Å². The van der Waals surface area contributed by atoms with Gasteiger partial charge in [0.25, 0.3) is 0 Å². The molecule has 28 heavy (non-hydrogen) atoms. The van der Waals surface area contributed by atoms with Crippen LogP contribution in [0.2, 0.25) is 5.02 Å². The van der Waals surface area contributed by atoms with Crippen molar-refractivity contribution in [2.24, 2.45) is 0 Å². The number of rotatable bonds is 5. The van der Waals surface area contributed by atoms with Gasteiger partial charge < -0.3 is 15.1 Å². The van der Waals surface area contributed by atoms with Crippen molar-refractivity contribution in [3.05, 3.63) is 65.7 Å². The van der Waals surface area contributed by atoms with Gasteiger partial charge >= 0.3 is 0 Å². The summed E-state index contributed by atoms with van der Waals surface area (Å²) in [5, 5.41) is 4.11. The Morgan fingerprint density at radius 3 is 2.32 bits per heavy atom. The van der Waals surface area contributed by atoms with Crippen LogP contribution in [0.15, 0.2) is 60.7 Å². The molecule has 0 bridgehead atoms. The van der Waals surface area contributed by atoms with E-state index >= 15 is 0 Å². The van der Waals surface area contributed by atoms with E-state index in [2.05, 4.69) is 34.2 Å². The summed E-state index contributed by atoms with van der Waals surface area (Å²) >= 11 is 6.01. The molecule has 1 aliphatic heterocycles. The van der Waals surface area contributed by atoms with Crippen LogP contribution >= 0.6 is 11.6 Å². The minimum absolute atomic E-state index is 0.715. The molecule has 1 N–H and O–H groups in total. The number of hydrogen-bond acceptors (Lipinski definition) is 5. The molecule has 6 heteroatoms. The lowest BCUT2D eigenvalue weighted by Crippen LogP contribution is -2.46. The van der Waals surface area contributed by atoms with Crippen LogP contribution in [0.3, 0.4) is 0 Å². The fourth-order valence-electron chi connectivity index (χ4n) is 3.34. The maximum absolute atomic E-state index is 6.01. The van der Waals surface area contributed by atoms with Crippen LogP contribution in [0.4, 0.5) is 17.5 Å². The molecule has 4 rings (SSSR count). The van der Waals surface area contributed by atoms with Gasteiger partial charge in [0.2, 0.25) is 5.95 Å². The maximum Gasteiger partial charge on any atom is 0.227 e. The Kier molecular flexibility index (Phi) is 5.74. The van der Waals surface area contributed by atoms with E-state index in [1.165, 1.54) is 0 Å². The minimum atomic E-state index is 0.715. The summed E-state index contributed by atoms with van der Waals surface area (Å²) in [6.45, 7) is 7.24. The van der Waals surface area contributed by atoms with Gasteiger partial charge in [-0.25, -0.2) is 4.98 Å². The summed E-state index contributed by atoms with van der Waals surface area (Å²) in [7, 11) is 0. The summed E-state index contributed by atoms with van der Waals surface area (Å²) in [6.07, 6.45) is 0. The second kappa shape index (κ2) is 8.59. The lowest BCUT2D eigenvalue weighted by atomic mass is 10.1. The predicted octanol–water partition coefficient (Wildman–Crippen LogP) is 4.68. The Balaban J connectivity index is 1.66. The number of nitrogens with one attached hydrogen (secondary N) is 1. The summed E-state index contributed by atoms with van der Waals surface area (Å²) < 4.78 is 0. The topological polar surface area (TPSA) is 44.3 Å². The smallest absolute Gasteiger partial charge is 0.227 e. The third-order valence-corrected chi connectivity index (χ3v) is 5.25. The Morgan fingerprint density at radius 1 is 0.929 bits per heavy atom. The van der Waals surface area contributed by atoms with E-state index in [1.54, 1.807) is 0 Å². The van der Waals surface area contributed by atoms with Gasteiger partial charge in [0.15, 0.2) is 0 Å². The molecular weight excluding hydrogens is 370 g/mol. The SMILES string of the molecule is CCN1CCN(c2nc(Nc3ccc(Cl)cc3)cc(-c3ccccc3)n2)CC1. The number of likely N-dealkylation sites (N-methyl/N-ethyl adjacent to an activating group) is 1. The number of hydrogen-bond donors (Lipinski definition) is 1. The molecule has 0 amide bonds. The van der Waals surface area contributed by atoms with Crippen LogP contribution < -0.4 is 10.2 Å². The third kappa shape index (κ3) is 4.43. The van der Waals surface area contributed by atoms with Gasteiger partial charge in [-0.3, -0.25) is 0 Å². The maximum atomic E-state index is 6.01. The highest BCUT2D eigenvalue weighted by Gasteiger charge is 2.19. The molecule has 0 unspecified atom stereocenters. The average molecular weight is 394 g/mol. The zero-order chi connectivity index (χ0) is 19.3. The molecule has 5 nitrogen and oxygen atoms in total. The molecule has 3 aromatic rings. The molecular formula is C22H24ClN5. The predicted molar refractivity (Wildman–Crippen MR) is 117 cm³/mol.